The standard InChI is InChI=1S/C5H7N3O2/c1-4(9)6-2-5-7-3-10-8-5/h3H,2H2,1H3,(H,6,9). The molecule has 10 heavy (non-hydrogen) atoms. The van der Waals surface area contributed by atoms with Gasteiger partial charge >= 0.3 is 0 Å². The lowest BCUT2D eigenvalue weighted by Gasteiger charge is -1.93. The summed E-state index contributed by atoms with van der Waals surface area (Å²) in [6.07, 6.45) is 1.22. The molecule has 0 atom stereocenters. The Bertz CT molecular complexity index is 207. The van der Waals surface area contributed by atoms with E-state index in [2.05, 4.69) is 20.0 Å². The number of rotatable bonds is 2. The molecule has 0 radical (unpaired) electrons. The molecule has 5 nitrogen and oxygen atoms in total. The Kier molecular flexibility index (Phi) is 1.99. The lowest BCUT2D eigenvalue weighted by atomic mass is 10.6. The zero-order valence-electron chi connectivity index (χ0n) is 5.50. The first-order valence-electron chi connectivity index (χ1n) is 2.78. The van der Waals surface area contributed by atoms with Crippen LogP contribution in [-0.2, 0) is 11.3 Å². The highest BCUT2D eigenvalue weighted by molar-refractivity contribution is 5.72. The number of carbonyl (C=O) groups excluding carboxylic acids is 1. The number of carbonyl (C=O) groups is 1. The molecular formula is C5H7N3O2. The molecular weight excluding hydrogens is 134 g/mol. The van der Waals surface area contributed by atoms with E-state index in [1.54, 1.807) is 0 Å². The minimum absolute atomic E-state index is 0.107. The van der Waals surface area contributed by atoms with E-state index in [-0.39, 0.29) is 5.91 Å². The van der Waals surface area contributed by atoms with Crippen molar-refractivity contribution in [2.45, 2.75) is 13.5 Å². The van der Waals surface area contributed by atoms with E-state index in [0.29, 0.717) is 12.4 Å². The van der Waals surface area contributed by atoms with Gasteiger partial charge in [-0.25, -0.2) is 0 Å². The predicted octanol–water partition coefficient (Wildman–Crippen LogP) is -0.294. The molecule has 1 aromatic heterocycles. The Morgan fingerprint density at radius 1 is 1.90 bits per heavy atom. The molecule has 0 aliphatic rings. The van der Waals surface area contributed by atoms with Crippen LogP contribution in [0.5, 0.6) is 0 Å². The monoisotopic (exact) mass is 141 g/mol. The Hall–Kier alpha value is -1.39. The minimum Gasteiger partial charge on any atom is -0.349 e. The highest BCUT2D eigenvalue weighted by Crippen LogP contribution is 1.85. The van der Waals surface area contributed by atoms with Crippen molar-refractivity contribution >= 4 is 5.91 Å². The van der Waals surface area contributed by atoms with Crippen molar-refractivity contribution in [3.05, 3.63) is 12.2 Å². The summed E-state index contributed by atoms with van der Waals surface area (Å²) in [5.74, 6) is 0.375. The first kappa shape index (κ1) is 6.73. The SMILES string of the molecule is CC(=O)NCc1ncon1. The van der Waals surface area contributed by atoms with E-state index in [9.17, 15) is 4.79 Å². The average Bonchev–Trinajstić information content (AvgIpc) is 2.34. The van der Waals surface area contributed by atoms with Gasteiger partial charge < -0.3 is 9.84 Å². The van der Waals surface area contributed by atoms with Gasteiger partial charge in [-0.05, 0) is 0 Å². The molecule has 0 saturated heterocycles. The third-order valence-electron chi connectivity index (χ3n) is 0.902. The lowest BCUT2D eigenvalue weighted by Crippen LogP contribution is -2.19. The maximum absolute atomic E-state index is 10.3. The van der Waals surface area contributed by atoms with Crippen molar-refractivity contribution in [3.8, 4) is 0 Å². The summed E-state index contributed by atoms with van der Waals surface area (Å²) >= 11 is 0. The summed E-state index contributed by atoms with van der Waals surface area (Å²) in [7, 11) is 0. The van der Waals surface area contributed by atoms with Gasteiger partial charge in [0.15, 0.2) is 5.82 Å². The van der Waals surface area contributed by atoms with Crippen LogP contribution >= 0.6 is 0 Å². The molecule has 0 bridgehead atoms. The molecule has 1 rings (SSSR count). The molecule has 1 heterocycles. The fraction of sp³-hybridized carbons (Fsp3) is 0.400. The normalized spacial score (nSPS) is 9.30. The van der Waals surface area contributed by atoms with Gasteiger partial charge in [0.05, 0.1) is 6.54 Å². The number of nitrogens with one attached hydrogen (secondary N) is 1. The van der Waals surface area contributed by atoms with Crippen LogP contribution in [0, 0.1) is 0 Å². The van der Waals surface area contributed by atoms with Gasteiger partial charge in [-0.3, -0.25) is 4.79 Å². The lowest BCUT2D eigenvalue weighted by molar-refractivity contribution is -0.119. The van der Waals surface area contributed by atoms with Gasteiger partial charge in [-0.15, -0.1) is 0 Å². The molecule has 0 saturated carbocycles. The molecule has 0 aliphatic heterocycles. The van der Waals surface area contributed by atoms with Crippen molar-refractivity contribution in [2.75, 3.05) is 0 Å². The molecule has 0 aromatic carbocycles. The fourth-order valence-electron chi connectivity index (χ4n) is 0.474. The molecule has 5 heteroatoms. The maximum Gasteiger partial charge on any atom is 0.217 e. The van der Waals surface area contributed by atoms with Crippen molar-refractivity contribution in [1.29, 1.82) is 0 Å². The van der Waals surface area contributed by atoms with Crippen LogP contribution in [0.4, 0.5) is 0 Å². The van der Waals surface area contributed by atoms with E-state index in [0.717, 1.165) is 0 Å². The van der Waals surface area contributed by atoms with Crippen molar-refractivity contribution in [2.24, 2.45) is 0 Å². The molecule has 1 amide bonds. The summed E-state index contributed by atoms with van der Waals surface area (Å²) in [5, 5.41) is 6.01. The number of hydrogen-bond acceptors (Lipinski definition) is 4. The molecule has 0 unspecified atom stereocenters. The van der Waals surface area contributed by atoms with Gasteiger partial charge in [0.1, 0.15) is 0 Å². The van der Waals surface area contributed by atoms with Gasteiger partial charge in [0, 0.05) is 6.92 Å². The first-order chi connectivity index (χ1) is 4.79. The highest BCUT2D eigenvalue weighted by Gasteiger charge is 1.97. The van der Waals surface area contributed by atoms with Crippen LogP contribution in [0.3, 0.4) is 0 Å². The second-order valence-corrected chi connectivity index (χ2v) is 1.76. The average molecular weight is 141 g/mol. The van der Waals surface area contributed by atoms with Crippen LogP contribution in [0.25, 0.3) is 0 Å². The molecule has 1 aromatic rings. The van der Waals surface area contributed by atoms with Gasteiger partial charge in [0.25, 0.3) is 0 Å². The molecule has 0 fully saturated rings. The zero-order chi connectivity index (χ0) is 7.40. The first-order valence-corrected chi connectivity index (χ1v) is 2.78. The number of amides is 1. The number of aromatic nitrogens is 2. The smallest absolute Gasteiger partial charge is 0.217 e. The second kappa shape index (κ2) is 2.95. The zero-order valence-corrected chi connectivity index (χ0v) is 5.50. The van der Waals surface area contributed by atoms with E-state index in [1.165, 1.54) is 13.3 Å². The summed E-state index contributed by atoms with van der Waals surface area (Å²) in [5.41, 5.74) is 0. The Labute approximate surface area is 57.4 Å². The van der Waals surface area contributed by atoms with Gasteiger partial charge in [-0.2, -0.15) is 4.98 Å². The number of hydrogen-bond donors (Lipinski definition) is 1. The van der Waals surface area contributed by atoms with Crippen molar-refractivity contribution < 1.29 is 9.32 Å². The summed E-state index contributed by atoms with van der Waals surface area (Å²) in [6.45, 7) is 1.76. The molecule has 0 spiro atoms. The molecule has 54 valence electrons. The fourth-order valence-corrected chi connectivity index (χ4v) is 0.474. The van der Waals surface area contributed by atoms with E-state index in [4.69, 9.17) is 0 Å². The van der Waals surface area contributed by atoms with Crippen LogP contribution in [0.2, 0.25) is 0 Å². The van der Waals surface area contributed by atoms with Gasteiger partial charge in [-0.1, -0.05) is 5.16 Å². The summed E-state index contributed by atoms with van der Waals surface area (Å²) < 4.78 is 4.43. The van der Waals surface area contributed by atoms with E-state index >= 15 is 0 Å². The van der Waals surface area contributed by atoms with Crippen LogP contribution in [-0.4, -0.2) is 16.0 Å². The van der Waals surface area contributed by atoms with Crippen LogP contribution in [0.1, 0.15) is 12.7 Å². The minimum atomic E-state index is -0.107. The van der Waals surface area contributed by atoms with Gasteiger partial charge in [0.2, 0.25) is 12.3 Å². The van der Waals surface area contributed by atoms with Crippen LogP contribution in [0.15, 0.2) is 10.9 Å². The second-order valence-electron chi connectivity index (χ2n) is 1.76. The predicted molar refractivity (Wildman–Crippen MR) is 31.8 cm³/mol. The van der Waals surface area contributed by atoms with Crippen LogP contribution < -0.4 is 5.32 Å². The van der Waals surface area contributed by atoms with Crippen molar-refractivity contribution in [3.63, 3.8) is 0 Å². The third kappa shape index (κ3) is 1.85. The molecule has 0 aliphatic carbocycles. The van der Waals surface area contributed by atoms with E-state index in [1.807, 2.05) is 0 Å². The highest BCUT2D eigenvalue weighted by atomic mass is 16.5. The molecule has 1 N–H and O–H groups in total. The largest absolute Gasteiger partial charge is 0.349 e. The van der Waals surface area contributed by atoms with E-state index < -0.39 is 0 Å². The maximum atomic E-state index is 10.3. The summed E-state index contributed by atoms with van der Waals surface area (Å²) in [6, 6.07) is 0. The summed E-state index contributed by atoms with van der Waals surface area (Å²) in [4.78, 5) is 14.0. The third-order valence-corrected chi connectivity index (χ3v) is 0.902. The Morgan fingerprint density at radius 2 is 2.70 bits per heavy atom. The van der Waals surface area contributed by atoms with Crippen molar-refractivity contribution in [1.82, 2.24) is 15.5 Å². The number of nitrogens with zero attached hydrogens (tertiary/aromatic N) is 2. The Balaban J connectivity index is 2.35. The topological polar surface area (TPSA) is 68.0 Å². The Morgan fingerprint density at radius 3 is 3.20 bits per heavy atom. The quantitative estimate of drug-likeness (QED) is 0.614.